The second-order valence-electron chi connectivity index (χ2n) is 7.55. The fourth-order valence-corrected chi connectivity index (χ4v) is 3.19. The zero-order valence-electron chi connectivity index (χ0n) is 15.8. The van der Waals surface area contributed by atoms with Crippen LogP contribution in [-0.4, -0.2) is 81.6 Å². The Morgan fingerprint density at radius 2 is 1.88 bits per heavy atom. The molecule has 0 spiro atoms. The minimum Gasteiger partial charge on any atom is -0.270 e. The average molecular weight is 357 g/mol. The fraction of sp³-hybridized carbons (Fsp3) is 0.500. The van der Waals surface area contributed by atoms with E-state index in [4.69, 9.17) is 5.10 Å². The maximum atomic E-state index is 13.0. The molecule has 0 aromatic heterocycles. The zero-order valence-corrected chi connectivity index (χ0v) is 15.8. The molecule has 3 rings (SSSR count). The Labute approximate surface area is 153 Å². The molecule has 8 heteroatoms. The van der Waals surface area contributed by atoms with Gasteiger partial charge in [0.1, 0.15) is 13.1 Å². The van der Waals surface area contributed by atoms with Crippen LogP contribution in [0.25, 0.3) is 0 Å². The molecule has 8 nitrogen and oxygen atoms in total. The molecular formula is C18H25N6O2+. The van der Waals surface area contributed by atoms with Crippen LogP contribution in [0.4, 0.5) is 4.79 Å². The second kappa shape index (κ2) is 6.19. The number of fused-ring (bicyclic) bond motifs is 2. The summed E-state index contributed by atoms with van der Waals surface area (Å²) in [6.45, 7) is 14.8. The molecule has 3 aliphatic heterocycles. The second-order valence-corrected chi connectivity index (χ2v) is 7.55. The number of aliphatic imine (C=N–C) groups is 1. The van der Waals surface area contributed by atoms with Crippen LogP contribution in [0.3, 0.4) is 0 Å². The van der Waals surface area contributed by atoms with Crippen molar-refractivity contribution in [2.45, 2.75) is 26.8 Å². The molecule has 138 valence electrons. The SMILES string of the molecule is C=CCN1N=C(C(C)(C)C)C[N+]2=C1N=C1C2C(=O)N(CC=C)C(=O)N1C. The number of amides is 3. The third-order valence-electron chi connectivity index (χ3n) is 4.66. The minimum atomic E-state index is -0.632. The van der Waals surface area contributed by atoms with E-state index < -0.39 is 12.1 Å². The molecule has 1 atom stereocenters. The average Bonchev–Trinajstić information content (AvgIpc) is 2.96. The lowest BCUT2D eigenvalue weighted by atomic mass is 9.89. The molecule has 0 radical (unpaired) electrons. The topological polar surface area (TPSA) is 71.6 Å². The van der Waals surface area contributed by atoms with Gasteiger partial charge in [-0.15, -0.1) is 16.7 Å². The van der Waals surface area contributed by atoms with Crippen molar-refractivity contribution in [1.29, 1.82) is 0 Å². The van der Waals surface area contributed by atoms with E-state index in [0.29, 0.717) is 24.9 Å². The quantitative estimate of drug-likeness (QED) is 0.559. The van der Waals surface area contributed by atoms with Crippen molar-refractivity contribution in [3.05, 3.63) is 25.3 Å². The van der Waals surface area contributed by atoms with Gasteiger partial charge in [0.25, 0.3) is 5.91 Å². The van der Waals surface area contributed by atoms with Crippen LogP contribution in [0.2, 0.25) is 0 Å². The molecule has 3 heterocycles. The Hall–Kier alpha value is -2.77. The number of hydrogen-bond acceptors (Lipinski definition) is 5. The maximum Gasteiger partial charge on any atom is 0.417 e. The predicted octanol–water partition coefficient (Wildman–Crippen LogP) is 1.12. The smallest absolute Gasteiger partial charge is 0.270 e. The highest BCUT2D eigenvalue weighted by atomic mass is 16.2. The summed E-state index contributed by atoms with van der Waals surface area (Å²) in [6, 6.07) is -1.02. The number of carbonyl (C=O) groups excluding carboxylic acids is 2. The predicted molar refractivity (Wildman–Crippen MR) is 100 cm³/mol. The molecule has 0 N–H and O–H groups in total. The molecule has 0 saturated carbocycles. The van der Waals surface area contributed by atoms with Gasteiger partial charge >= 0.3 is 12.0 Å². The van der Waals surface area contributed by atoms with E-state index >= 15 is 0 Å². The van der Waals surface area contributed by atoms with E-state index in [1.807, 2.05) is 4.58 Å². The summed E-state index contributed by atoms with van der Waals surface area (Å²) in [5.74, 6) is 0.733. The van der Waals surface area contributed by atoms with Crippen molar-refractivity contribution in [2.24, 2.45) is 15.5 Å². The van der Waals surface area contributed by atoms with Crippen molar-refractivity contribution in [3.8, 4) is 0 Å². The van der Waals surface area contributed by atoms with Crippen LogP contribution < -0.4 is 0 Å². The van der Waals surface area contributed by atoms with Gasteiger partial charge in [-0.1, -0.05) is 44.5 Å². The van der Waals surface area contributed by atoms with Gasteiger partial charge in [0.2, 0.25) is 11.9 Å². The van der Waals surface area contributed by atoms with E-state index in [0.717, 1.165) is 5.71 Å². The number of likely N-dealkylation sites (N-methyl/N-ethyl adjacent to an activating group) is 1. The van der Waals surface area contributed by atoms with E-state index in [9.17, 15) is 9.59 Å². The van der Waals surface area contributed by atoms with Gasteiger partial charge < -0.3 is 0 Å². The number of nitrogens with zero attached hydrogens (tertiary/aromatic N) is 6. The highest BCUT2D eigenvalue weighted by Crippen LogP contribution is 2.26. The van der Waals surface area contributed by atoms with Gasteiger partial charge in [-0.25, -0.2) is 9.37 Å². The monoisotopic (exact) mass is 357 g/mol. The van der Waals surface area contributed by atoms with Gasteiger partial charge in [0, 0.05) is 19.0 Å². The number of hydrogen-bond donors (Lipinski definition) is 0. The van der Waals surface area contributed by atoms with Crippen LogP contribution in [0.1, 0.15) is 20.8 Å². The van der Waals surface area contributed by atoms with Gasteiger partial charge in [-0.05, 0) is 0 Å². The summed E-state index contributed by atoms with van der Waals surface area (Å²) in [4.78, 5) is 32.8. The number of rotatable bonds is 4. The molecule has 26 heavy (non-hydrogen) atoms. The van der Waals surface area contributed by atoms with E-state index in [2.05, 4.69) is 38.9 Å². The maximum absolute atomic E-state index is 13.0. The number of guanidine groups is 1. The number of urea groups is 1. The molecule has 0 aromatic rings. The van der Waals surface area contributed by atoms with Crippen LogP contribution in [0.15, 0.2) is 35.4 Å². The number of imide groups is 1. The Morgan fingerprint density at radius 1 is 1.23 bits per heavy atom. The first kappa shape index (κ1) is 18.0. The van der Waals surface area contributed by atoms with Gasteiger partial charge in [-0.2, -0.15) is 0 Å². The van der Waals surface area contributed by atoms with Gasteiger partial charge in [0.15, 0.2) is 0 Å². The highest BCUT2D eigenvalue weighted by Gasteiger charge is 2.54. The lowest BCUT2D eigenvalue weighted by Crippen LogP contribution is -2.63. The first-order valence-corrected chi connectivity index (χ1v) is 8.59. The van der Waals surface area contributed by atoms with Gasteiger partial charge in [0.05, 0.1) is 5.71 Å². The molecule has 1 unspecified atom stereocenters. The Kier molecular flexibility index (Phi) is 4.29. The van der Waals surface area contributed by atoms with Gasteiger partial charge in [-0.3, -0.25) is 14.6 Å². The number of amidine groups is 1. The summed E-state index contributed by atoms with van der Waals surface area (Å²) in [6.07, 6.45) is 3.29. The van der Waals surface area contributed by atoms with E-state index in [1.54, 1.807) is 24.2 Å². The van der Waals surface area contributed by atoms with Crippen LogP contribution in [-0.2, 0) is 4.79 Å². The van der Waals surface area contributed by atoms with E-state index in [-0.39, 0.29) is 17.9 Å². The Morgan fingerprint density at radius 3 is 2.46 bits per heavy atom. The molecule has 1 fully saturated rings. The normalized spacial score (nSPS) is 22.9. The zero-order chi connectivity index (χ0) is 19.2. The molecule has 0 aliphatic carbocycles. The Bertz CT molecular complexity index is 786. The third kappa shape index (κ3) is 2.65. The Balaban J connectivity index is 2.06. The number of carbonyl (C=O) groups is 2. The summed E-state index contributed by atoms with van der Waals surface area (Å²) < 4.78 is 1.92. The molecule has 1 saturated heterocycles. The van der Waals surface area contributed by atoms with E-state index in [1.165, 1.54) is 9.80 Å². The van der Waals surface area contributed by atoms with Crippen LogP contribution >= 0.6 is 0 Å². The summed E-state index contributed by atoms with van der Waals surface area (Å²) in [5, 5.41) is 6.46. The van der Waals surface area contributed by atoms with Crippen molar-refractivity contribution >= 4 is 29.4 Å². The molecule has 0 bridgehead atoms. The number of hydrazone groups is 1. The van der Waals surface area contributed by atoms with Crippen molar-refractivity contribution in [1.82, 2.24) is 14.8 Å². The molecule has 3 amide bonds. The summed E-state index contributed by atoms with van der Waals surface area (Å²) in [5.41, 5.74) is 0.788. The van der Waals surface area contributed by atoms with Crippen molar-refractivity contribution in [3.63, 3.8) is 0 Å². The van der Waals surface area contributed by atoms with Crippen LogP contribution in [0, 0.1) is 5.41 Å². The minimum absolute atomic E-state index is 0.159. The summed E-state index contributed by atoms with van der Waals surface area (Å²) in [7, 11) is 1.64. The molecule has 0 aromatic carbocycles. The third-order valence-corrected chi connectivity index (χ3v) is 4.66. The fourth-order valence-electron chi connectivity index (χ4n) is 3.19. The lowest BCUT2D eigenvalue weighted by molar-refractivity contribution is -0.528. The first-order chi connectivity index (χ1) is 12.2. The van der Waals surface area contributed by atoms with Crippen molar-refractivity contribution in [2.75, 3.05) is 26.7 Å². The first-order valence-electron chi connectivity index (χ1n) is 8.59. The summed E-state index contributed by atoms with van der Waals surface area (Å²) >= 11 is 0. The molecule has 3 aliphatic rings. The standard InChI is InChI=1S/C18H25N6O2/c1-7-9-22-15(25)13-14(21(6)17(22)26)19-16-23(13)11-12(18(3,4)5)20-24(16)10-8-2/h7-8,13H,1-2,9-11H2,3-6H3/q+1. The largest absolute Gasteiger partial charge is 0.417 e. The van der Waals surface area contributed by atoms with Crippen molar-refractivity contribution < 1.29 is 14.2 Å². The molecular weight excluding hydrogens is 332 g/mol. The lowest BCUT2D eigenvalue weighted by Gasteiger charge is -2.34. The highest BCUT2D eigenvalue weighted by molar-refractivity contribution is 6.23. The van der Waals surface area contributed by atoms with Crippen LogP contribution in [0.5, 0.6) is 0 Å².